The van der Waals surface area contributed by atoms with E-state index >= 15 is 0 Å². The van der Waals surface area contributed by atoms with E-state index in [1.165, 1.54) is 11.3 Å². The molecule has 0 fully saturated rings. The number of hydrogen-bond donors (Lipinski definition) is 1. The lowest BCUT2D eigenvalue weighted by Crippen LogP contribution is -1.99. The zero-order chi connectivity index (χ0) is 18.2. The van der Waals surface area contributed by atoms with Crippen LogP contribution in [0.3, 0.4) is 0 Å². The molecule has 0 atom stereocenters. The van der Waals surface area contributed by atoms with Crippen molar-refractivity contribution in [3.63, 3.8) is 0 Å². The van der Waals surface area contributed by atoms with Gasteiger partial charge < -0.3 is 14.8 Å². The number of ether oxygens (including phenoxy) is 2. The van der Waals surface area contributed by atoms with Crippen molar-refractivity contribution in [2.75, 3.05) is 24.8 Å². The summed E-state index contributed by atoms with van der Waals surface area (Å²) in [4.78, 5) is 0. The van der Waals surface area contributed by atoms with Crippen LogP contribution in [0.1, 0.15) is 5.56 Å². The molecule has 0 saturated carbocycles. The second kappa shape index (κ2) is 9.08. The molecule has 0 bridgehead atoms. The van der Waals surface area contributed by atoms with Crippen molar-refractivity contribution in [2.45, 2.75) is 4.34 Å². The number of anilines is 2. The second-order valence-corrected chi connectivity index (χ2v) is 7.38. The molecule has 8 heteroatoms. The number of nitriles is 1. The van der Waals surface area contributed by atoms with Gasteiger partial charge >= 0.3 is 0 Å². The van der Waals surface area contributed by atoms with Gasteiger partial charge in [-0.15, -0.1) is 10.2 Å². The highest BCUT2D eigenvalue weighted by atomic mass is 32.2. The Labute approximate surface area is 159 Å². The number of rotatable bonds is 8. The minimum Gasteiger partial charge on any atom is -0.497 e. The smallest absolute Gasteiger partial charge is 0.210 e. The van der Waals surface area contributed by atoms with Crippen molar-refractivity contribution in [2.24, 2.45) is 0 Å². The molecule has 1 heterocycles. The van der Waals surface area contributed by atoms with Crippen LogP contribution in [0, 0.1) is 11.3 Å². The predicted molar refractivity (Wildman–Crippen MR) is 104 cm³/mol. The number of aromatic nitrogens is 2. The van der Waals surface area contributed by atoms with Gasteiger partial charge in [0.15, 0.2) is 4.34 Å². The molecule has 1 N–H and O–H groups in total. The van der Waals surface area contributed by atoms with Gasteiger partial charge in [0, 0.05) is 11.4 Å². The highest BCUT2D eigenvalue weighted by Crippen LogP contribution is 2.28. The van der Waals surface area contributed by atoms with Gasteiger partial charge in [-0.3, -0.25) is 0 Å². The zero-order valence-electron chi connectivity index (χ0n) is 14.0. The molecule has 0 unspecified atom stereocenters. The van der Waals surface area contributed by atoms with E-state index in [1.807, 2.05) is 24.3 Å². The summed E-state index contributed by atoms with van der Waals surface area (Å²) in [6.45, 7) is 0.553. The van der Waals surface area contributed by atoms with E-state index in [0.29, 0.717) is 12.2 Å². The first-order chi connectivity index (χ1) is 12.8. The Morgan fingerprint density at radius 2 is 1.81 bits per heavy atom. The van der Waals surface area contributed by atoms with Gasteiger partial charge in [0.05, 0.1) is 25.3 Å². The third-order valence-corrected chi connectivity index (χ3v) is 5.25. The maximum absolute atomic E-state index is 8.77. The van der Waals surface area contributed by atoms with Crippen LogP contribution >= 0.6 is 23.1 Å². The number of nitrogens with one attached hydrogen (secondary N) is 1. The van der Waals surface area contributed by atoms with Gasteiger partial charge in [0.25, 0.3) is 0 Å². The molecule has 3 rings (SSSR count). The molecule has 0 aliphatic heterocycles. The average Bonchev–Trinajstić information content (AvgIpc) is 3.13. The summed E-state index contributed by atoms with van der Waals surface area (Å²) >= 11 is 3.09. The lowest BCUT2D eigenvalue weighted by Gasteiger charge is -2.04. The minimum atomic E-state index is 0.553. The van der Waals surface area contributed by atoms with E-state index in [9.17, 15) is 0 Å². The molecule has 6 nitrogen and oxygen atoms in total. The van der Waals surface area contributed by atoms with E-state index in [-0.39, 0.29) is 0 Å². The van der Waals surface area contributed by atoms with Crippen molar-refractivity contribution < 1.29 is 9.47 Å². The molecule has 3 aromatic rings. The van der Waals surface area contributed by atoms with Crippen LogP contribution in [0.5, 0.6) is 11.5 Å². The Balaban J connectivity index is 1.43. The van der Waals surface area contributed by atoms with Crippen LogP contribution in [-0.4, -0.2) is 29.7 Å². The third kappa shape index (κ3) is 5.12. The van der Waals surface area contributed by atoms with Crippen LogP contribution in [-0.2, 0) is 0 Å². The molecule has 1 aromatic heterocycles. The van der Waals surface area contributed by atoms with Gasteiger partial charge in [0.2, 0.25) is 5.13 Å². The molecule has 0 radical (unpaired) electrons. The Hall–Kier alpha value is -2.76. The maximum Gasteiger partial charge on any atom is 0.210 e. The average molecular weight is 384 g/mol. The standard InChI is InChI=1S/C18H16N4O2S2/c1-23-15-8-4-14(5-9-15)20-17-21-22-18(26-17)25-11-10-24-16-6-2-13(12-19)3-7-16/h2-9H,10-11H2,1H3,(H,20,21). The van der Waals surface area contributed by atoms with E-state index < -0.39 is 0 Å². The maximum atomic E-state index is 8.77. The number of nitrogens with zero attached hydrogens (tertiary/aromatic N) is 3. The van der Waals surface area contributed by atoms with E-state index in [4.69, 9.17) is 14.7 Å². The first-order valence-electron chi connectivity index (χ1n) is 7.77. The van der Waals surface area contributed by atoms with Gasteiger partial charge in [-0.05, 0) is 48.5 Å². The SMILES string of the molecule is COc1ccc(Nc2nnc(SCCOc3ccc(C#N)cc3)s2)cc1. The Morgan fingerprint density at radius 1 is 1.08 bits per heavy atom. The molecule has 0 aliphatic carbocycles. The summed E-state index contributed by atoms with van der Waals surface area (Å²) in [6.07, 6.45) is 0. The summed E-state index contributed by atoms with van der Waals surface area (Å²) in [5.41, 5.74) is 1.56. The van der Waals surface area contributed by atoms with Crippen LogP contribution in [0.2, 0.25) is 0 Å². The van der Waals surface area contributed by atoms with E-state index in [1.54, 1.807) is 43.1 Å². The highest BCUT2D eigenvalue weighted by Gasteiger charge is 2.05. The van der Waals surface area contributed by atoms with Crippen molar-refractivity contribution in [3.05, 3.63) is 54.1 Å². The largest absolute Gasteiger partial charge is 0.497 e. The molecule has 132 valence electrons. The predicted octanol–water partition coefficient (Wildman–Crippen LogP) is 4.33. The number of methoxy groups -OCH3 is 1. The van der Waals surface area contributed by atoms with Crippen molar-refractivity contribution >= 4 is 33.9 Å². The number of thioether (sulfide) groups is 1. The molecule has 0 saturated heterocycles. The fourth-order valence-corrected chi connectivity index (χ4v) is 3.69. The minimum absolute atomic E-state index is 0.553. The molecule has 2 aromatic carbocycles. The first kappa shape index (κ1) is 18.0. The van der Waals surface area contributed by atoms with Crippen LogP contribution in [0.4, 0.5) is 10.8 Å². The van der Waals surface area contributed by atoms with Gasteiger partial charge in [-0.1, -0.05) is 23.1 Å². The second-order valence-electron chi connectivity index (χ2n) is 5.06. The summed E-state index contributed by atoms with van der Waals surface area (Å²) in [6, 6.07) is 16.8. The Kier molecular flexibility index (Phi) is 6.30. The fraction of sp³-hybridized carbons (Fsp3) is 0.167. The van der Waals surface area contributed by atoms with E-state index in [0.717, 1.165) is 32.4 Å². The molecule has 0 spiro atoms. The highest BCUT2D eigenvalue weighted by molar-refractivity contribution is 8.01. The molecule has 0 amide bonds. The molecular weight excluding hydrogens is 368 g/mol. The zero-order valence-corrected chi connectivity index (χ0v) is 15.6. The van der Waals surface area contributed by atoms with Crippen molar-refractivity contribution in [3.8, 4) is 17.6 Å². The van der Waals surface area contributed by atoms with Crippen LogP contribution in [0.25, 0.3) is 0 Å². The summed E-state index contributed by atoms with van der Waals surface area (Å²) in [7, 11) is 1.64. The fourth-order valence-electron chi connectivity index (χ4n) is 2.03. The van der Waals surface area contributed by atoms with Gasteiger partial charge in [0.1, 0.15) is 11.5 Å². The van der Waals surface area contributed by atoms with E-state index in [2.05, 4.69) is 21.6 Å². The number of hydrogen-bond acceptors (Lipinski definition) is 8. The summed E-state index contributed by atoms with van der Waals surface area (Å²) in [5.74, 6) is 2.33. The number of benzene rings is 2. The molecular formula is C18H16N4O2S2. The topological polar surface area (TPSA) is 80.1 Å². The van der Waals surface area contributed by atoms with Crippen LogP contribution < -0.4 is 14.8 Å². The van der Waals surface area contributed by atoms with Crippen molar-refractivity contribution in [1.29, 1.82) is 5.26 Å². The monoisotopic (exact) mass is 384 g/mol. The summed E-state index contributed by atoms with van der Waals surface area (Å²) in [5, 5.41) is 21.0. The summed E-state index contributed by atoms with van der Waals surface area (Å²) < 4.78 is 11.7. The quantitative estimate of drug-likeness (QED) is 0.457. The normalized spacial score (nSPS) is 10.2. The van der Waals surface area contributed by atoms with Crippen LogP contribution in [0.15, 0.2) is 52.9 Å². The lowest BCUT2D eigenvalue weighted by atomic mass is 10.2. The van der Waals surface area contributed by atoms with Gasteiger partial charge in [-0.2, -0.15) is 5.26 Å². The molecule has 26 heavy (non-hydrogen) atoms. The van der Waals surface area contributed by atoms with Gasteiger partial charge in [-0.25, -0.2) is 0 Å². The Bertz CT molecular complexity index is 873. The van der Waals surface area contributed by atoms with Crippen molar-refractivity contribution in [1.82, 2.24) is 10.2 Å². The Morgan fingerprint density at radius 3 is 2.50 bits per heavy atom. The lowest BCUT2D eigenvalue weighted by molar-refractivity contribution is 0.344. The third-order valence-electron chi connectivity index (χ3n) is 3.31. The molecule has 0 aliphatic rings. The first-order valence-corrected chi connectivity index (χ1v) is 9.57.